The number of amides is 1. The second-order valence-corrected chi connectivity index (χ2v) is 5.27. The van der Waals surface area contributed by atoms with Crippen molar-refractivity contribution in [3.63, 3.8) is 0 Å². The standard InChI is InChI=1S/C19H21NO4/c1-4-24-19(22)17(15-12-13(2)10-11-16(15)23-3)20-18(21)14-8-6-5-7-9-14/h5-12,17H,4H2,1-3H3,(H,20,21). The molecule has 2 aromatic carbocycles. The summed E-state index contributed by atoms with van der Waals surface area (Å²) in [4.78, 5) is 24.9. The third-order valence-electron chi connectivity index (χ3n) is 3.53. The number of carbonyl (C=O) groups excluding carboxylic acids is 2. The van der Waals surface area contributed by atoms with E-state index in [1.807, 2.05) is 25.1 Å². The number of benzene rings is 2. The lowest BCUT2D eigenvalue weighted by molar-refractivity contribution is -0.145. The van der Waals surface area contributed by atoms with Crippen LogP contribution < -0.4 is 10.1 Å². The minimum absolute atomic E-state index is 0.227. The Kier molecular flexibility index (Phi) is 5.95. The largest absolute Gasteiger partial charge is 0.496 e. The fourth-order valence-corrected chi connectivity index (χ4v) is 2.37. The highest BCUT2D eigenvalue weighted by Gasteiger charge is 2.27. The molecular weight excluding hydrogens is 306 g/mol. The van der Waals surface area contributed by atoms with Crippen LogP contribution in [0.3, 0.4) is 0 Å². The maximum absolute atomic E-state index is 12.5. The van der Waals surface area contributed by atoms with E-state index in [2.05, 4.69) is 5.32 Å². The maximum atomic E-state index is 12.5. The van der Waals surface area contributed by atoms with Gasteiger partial charge >= 0.3 is 5.97 Å². The van der Waals surface area contributed by atoms with E-state index in [0.717, 1.165) is 5.56 Å². The first-order valence-corrected chi connectivity index (χ1v) is 7.74. The number of esters is 1. The van der Waals surface area contributed by atoms with Crippen LogP contribution in [-0.2, 0) is 9.53 Å². The van der Waals surface area contributed by atoms with Crippen molar-refractivity contribution in [3.05, 3.63) is 65.2 Å². The van der Waals surface area contributed by atoms with Gasteiger partial charge in [0.05, 0.1) is 13.7 Å². The molecule has 0 aliphatic heterocycles. The van der Waals surface area contributed by atoms with Crippen molar-refractivity contribution in [2.75, 3.05) is 13.7 Å². The molecule has 1 atom stereocenters. The number of hydrogen-bond donors (Lipinski definition) is 1. The Hall–Kier alpha value is -2.82. The van der Waals surface area contributed by atoms with Crippen LogP contribution in [0.25, 0.3) is 0 Å². The molecule has 0 aliphatic carbocycles. The Morgan fingerprint density at radius 2 is 1.83 bits per heavy atom. The topological polar surface area (TPSA) is 64.6 Å². The summed E-state index contributed by atoms with van der Waals surface area (Å²) in [7, 11) is 1.52. The van der Waals surface area contributed by atoms with Gasteiger partial charge in [-0.2, -0.15) is 0 Å². The lowest BCUT2D eigenvalue weighted by atomic mass is 10.0. The molecule has 0 heterocycles. The normalized spacial score (nSPS) is 11.5. The minimum Gasteiger partial charge on any atom is -0.496 e. The molecule has 1 unspecified atom stereocenters. The van der Waals surface area contributed by atoms with Gasteiger partial charge in [0.2, 0.25) is 0 Å². The van der Waals surface area contributed by atoms with E-state index in [4.69, 9.17) is 9.47 Å². The quantitative estimate of drug-likeness (QED) is 0.828. The lowest BCUT2D eigenvalue weighted by Gasteiger charge is -2.20. The summed E-state index contributed by atoms with van der Waals surface area (Å²) in [5, 5.41) is 2.74. The average Bonchev–Trinajstić information content (AvgIpc) is 2.60. The van der Waals surface area contributed by atoms with Crippen molar-refractivity contribution >= 4 is 11.9 Å². The molecule has 0 fully saturated rings. The number of rotatable bonds is 6. The Labute approximate surface area is 141 Å². The molecule has 2 rings (SSSR count). The predicted octanol–water partition coefficient (Wildman–Crippen LogP) is 3.04. The average molecular weight is 327 g/mol. The van der Waals surface area contributed by atoms with E-state index in [-0.39, 0.29) is 12.5 Å². The van der Waals surface area contributed by atoms with Gasteiger partial charge in [0.1, 0.15) is 5.75 Å². The summed E-state index contributed by atoms with van der Waals surface area (Å²) in [6.07, 6.45) is 0. The monoisotopic (exact) mass is 327 g/mol. The summed E-state index contributed by atoms with van der Waals surface area (Å²) >= 11 is 0. The molecule has 0 saturated carbocycles. The minimum atomic E-state index is -0.937. The molecule has 0 radical (unpaired) electrons. The van der Waals surface area contributed by atoms with Crippen LogP contribution in [0.5, 0.6) is 5.75 Å². The molecule has 0 saturated heterocycles. The van der Waals surface area contributed by atoms with Gasteiger partial charge in [0, 0.05) is 11.1 Å². The molecule has 5 nitrogen and oxygen atoms in total. The van der Waals surface area contributed by atoms with Crippen molar-refractivity contribution in [1.82, 2.24) is 5.32 Å². The first-order valence-electron chi connectivity index (χ1n) is 7.74. The molecule has 2 aromatic rings. The Morgan fingerprint density at radius 3 is 2.46 bits per heavy atom. The molecule has 0 aromatic heterocycles. The Bertz CT molecular complexity index is 713. The highest BCUT2D eigenvalue weighted by Crippen LogP contribution is 2.27. The first-order chi connectivity index (χ1) is 11.6. The number of ether oxygens (including phenoxy) is 2. The van der Waals surface area contributed by atoms with Crippen molar-refractivity contribution in [2.24, 2.45) is 0 Å². The van der Waals surface area contributed by atoms with Crippen molar-refractivity contribution < 1.29 is 19.1 Å². The summed E-state index contributed by atoms with van der Waals surface area (Å²) in [6.45, 7) is 3.86. The maximum Gasteiger partial charge on any atom is 0.333 e. The summed E-state index contributed by atoms with van der Waals surface area (Å²) in [5.41, 5.74) is 1.99. The molecule has 0 aliphatic rings. The van der Waals surface area contributed by atoms with Crippen LogP contribution >= 0.6 is 0 Å². The fourth-order valence-electron chi connectivity index (χ4n) is 2.37. The SMILES string of the molecule is CCOC(=O)C(NC(=O)c1ccccc1)c1cc(C)ccc1OC. The summed E-state index contributed by atoms with van der Waals surface area (Å²) < 4.78 is 10.5. The van der Waals surface area contributed by atoms with Crippen LogP contribution in [0.1, 0.15) is 34.5 Å². The molecule has 126 valence electrons. The number of carbonyl (C=O) groups is 2. The highest BCUT2D eigenvalue weighted by molar-refractivity contribution is 5.97. The molecule has 24 heavy (non-hydrogen) atoms. The number of hydrogen-bond acceptors (Lipinski definition) is 4. The second kappa shape index (κ2) is 8.15. The predicted molar refractivity (Wildman–Crippen MR) is 91.0 cm³/mol. The molecule has 1 amide bonds. The van der Waals surface area contributed by atoms with Crippen LogP contribution in [0.2, 0.25) is 0 Å². The van der Waals surface area contributed by atoms with Crippen molar-refractivity contribution in [2.45, 2.75) is 19.9 Å². The first kappa shape index (κ1) is 17.5. The van der Waals surface area contributed by atoms with Gasteiger partial charge in [-0.3, -0.25) is 4.79 Å². The van der Waals surface area contributed by atoms with Crippen LogP contribution in [0, 0.1) is 6.92 Å². The van der Waals surface area contributed by atoms with E-state index in [1.54, 1.807) is 37.3 Å². The molecule has 0 spiro atoms. The van der Waals surface area contributed by atoms with Gasteiger partial charge < -0.3 is 14.8 Å². The van der Waals surface area contributed by atoms with Gasteiger partial charge in [-0.25, -0.2) is 4.79 Å². The third kappa shape index (κ3) is 4.13. The van der Waals surface area contributed by atoms with Crippen molar-refractivity contribution in [3.8, 4) is 5.75 Å². The van der Waals surface area contributed by atoms with Crippen LogP contribution in [-0.4, -0.2) is 25.6 Å². The fraction of sp³-hybridized carbons (Fsp3) is 0.263. The zero-order chi connectivity index (χ0) is 17.5. The van der Waals surface area contributed by atoms with Crippen molar-refractivity contribution in [1.29, 1.82) is 0 Å². The van der Waals surface area contributed by atoms with E-state index in [1.165, 1.54) is 7.11 Å². The highest BCUT2D eigenvalue weighted by atomic mass is 16.5. The number of aryl methyl sites for hydroxylation is 1. The molecule has 1 N–H and O–H groups in total. The van der Waals surface area contributed by atoms with Gasteiger partial charge in [0.15, 0.2) is 6.04 Å². The smallest absolute Gasteiger partial charge is 0.333 e. The molecule has 0 bridgehead atoms. The van der Waals surface area contributed by atoms with E-state index >= 15 is 0 Å². The van der Waals surface area contributed by atoms with Gasteiger partial charge in [0.25, 0.3) is 5.91 Å². The Balaban J connectivity index is 2.37. The van der Waals surface area contributed by atoms with E-state index in [9.17, 15) is 9.59 Å². The molecule has 5 heteroatoms. The second-order valence-electron chi connectivity index (χ2n) is 5.27. The van der Waals surface area contributed by atoms with Crippen LogP contribution in [0.15, 0.2) is 48.5 Å². The number of nitrogens with one attached hydrogen (secondary N) is 1. The van der Waals surface area contributed by atoms with Gasteiger partial charge in [-0.15, -0.1) is 0 Å². The van der Waals surface area contributed by atoms with E-state index < -0.39 is 12.0 Å². The zero-order valence-electron chi connectivity index (χ0n) is 14.0. The summed E-state index contributed by atoms with van der Waals surface area (Å²) in [6, 6.07) is 13.2. The molecular formula is C19H21NO4. The van der Waals surface area contributed by atoms with Gasteiger partial charge in [-0.1, -0.05) is 29.8 Å². The van der Waals surface area contributed by atoms with Crippen LogP contribution in [0.4, 0.5) is 0 Å². The third-order valence-corrected chi connectivity index (χ3v) is 3.53. The Morgan fingerprint density at radius 1 is 1.12 bits per heavy atom. The lowest BCUT2D eigenvalue weighted by Crippen LogP contribution is -2.35. The van der Waals surface area contributed by atoms with E-state index in [0.29, 0.717) is 16.9 Å². The summed E-state index contributed by atoms with van der Waals surface area (Å²) in [5.74, 6) is -0.352. The number of methoxy groups -OCH3 is 1. The zero-order valence-corrected chi connectivity index (χ0v) is 14.0. The van der Waals surface area contributed by atoms with Gasteiger partial charge in [-0.05, 0) is 38.1 Å².